The fourth-order valence-electron chi connectivity index (χ4n) is 2.81. The van der Waals surface area contributed by atoms with Crippen molar-refractivity contribution in [2.45, 2.75) is 0 Å². The molecule has 1 amide bonds. The molecule has 6 nitrogen and oxygen atoms in total. The van der Waals surface area contributed by atoms with Gasteiger partial charge in [-0.3, -0.25) is 10.1 Å². The zero-order valence-electron chi connectivity index (χ0n) is 15.5. The molecule has 0 saturated heterocycles. The summed E-state index contributed by atoms with van der Waals surface area (Å²) in [4.78, 5) is 16.8. The summed E-state index contributed by atoms with van der Waals surface area (Å²) in [7, 11) is 1.57. The Balaban J connectivity index is 1.45. The highest BCUT2D eigenvalue weighted by Gasteiger charge is 2.11. The first-order chi connectivity index (χ1) is 14.1. The lowest BCUT2D eigenvalue weighted by Gasteiger charge is -2.10. The van der Waals surface area contributed by atoms with Gasteiger partial charge in [0.2, 0.25) is 5.89 Å². The quantitative estimate of drug-likeness (QED) is 0.484. The predicted molar refractivity (Wildman–Crippen MR) is 116 cm³/mol. The molecule has 7 heteroatoms. The van der Waals surface area contributed by atoms with E-state index >= 15 is 0 Å². The van der Waals surface area contributed by atoms with E-state index in [2.05, 4.69) is 15.6 Å². The molecule has 0 aliphatic heterocycles. The third-order valence-corrected chi connectivity index (χ3v) is 4.44. The second kappa shape index (κ2) is 8.12. The lowest BCUT2D eigenvalue weighted by atomic mass is 10.2. The van der Waals surface area contributed by atoms with Crippen molar-refractivity contribution >= 4 is 40.0 Å². The Morgan fingerprint density at radius 1 is 1.03 bits per heavy atom. The fourth-order valence-corrected chi connectivity index (χ4v) is 3.02. The molecule has 3 aromatic carbocycles. The van der Waals surface area contributed by atoms with Gasteiger partial charge >= 0.3 is 0 Å². The maximum atomic E-state index is 12.3. The van der Waals surface area contributed by atoms with Crippen LogP contribution in [0.2, 0.25) is 0 Å². The number of rotatable bonds is 4. The van der Waals surface area contributed by atoms with E-state index in [0.29, 0.717) is 22.9 Å². The molecule has 0 aliphatic rings. The number of nitrogens with zero attached hydrogens (tertiary/aromatic N) is 1. The molecule has 4 rings (SSSR count). The summed E-state index contributed by atoms with van der Waals surface area (Å²) in [5, 5.41) is 5.87. The highest BCUT2D eigenvalue weighted by Crippen LogP contribution is 2.26. The summed E-state index contributed by atoms with van der Waals surface area (Å²) in [6.45, 7) is 0. The normalized spacial score (nSPS) is 10.5. The van der Waals surface area contributed by atoms with Crippen molar-refractivity contribution in [2.24, 2.45) is 0 Å². The number of fused-ring (bicyclic) bond motifs is 1. The van der Waals surface area contributed by atoms with Crippen LogP contribution in [0.4, 0.5) is 5.69 Å². The molecule has 0 bridgehead atoms. The largest absolute Gasteiger partial charge is 0.497 e. The van der Waals surface area contributed by atoms with Crippen LogP contribution in [0.1, 0.15) is 10.4 Å². The molecule has 29 heavy (non-hydrogen) atoms. The molecule has 0 aliphatic carbocycles. The molecular formula is C22H17N3O3S. The number of carbonyl (C=O) groups is 1. The zero-order valence-corrected chi connectivity index (χ0v) is 16.3. The summed E-state index contributed by atoms with van der Waals surface area (Å²) in [5.74, 6) is 0.890. The lowest BCUT2D eigenvalue weighted by Crippen LogP contribution is -2.34. The number of nitrogens with one attached hydrogen (secondary N) is 2. The number of hydrogen-bond acceptors (Lipinski definition) is 5. The van der Waals surface area contributed by atoms with Crippen LogP contribution in [0, 0.1) is 0 Å². The first-order valence-corrected chi connectivity index (χ1v) is 9.25. The Labute approximate surface area is 172 Å². The summed E-state index contributed by atoms with van der Waals surface area (Å²) >= 11 is 5.27. The molecule has 4 aromatic rings. The Hall–Kier alpha value is -3.71. The van der Waals surface area contributed by atoms with E-state index in [4.69, 9.17) is 21.4 Å². The smallest absolute Gasteiger partial charge is 0.257 e. The number of thiocarbonyl (C=S) groups is 1. The van der Waals surface area contributed by atoms with Crippen LogP contribution in [0.5, 0.6) is 5.75 Å². The van der Waals surface area contributed by atoms with E-state index in [1.54, 1.807) is 31.4 Å². The molecule has 0 radical (unpaired) electrons. The number of benzene rings is 3. The number of methoxy groups -OCH3 is 1. The minimum atomic E-state index is -0.305. The van der Waals surface area contributed by atoms with Crippen molar-refractivity contribution < 1.29 is 13.9 Å². The first-order valence-electron chi connectivity index (χ1n) is 8.85. The molecule has 144 valence electrons. The van der Waals surface area contributed by atoms with E-state index in [-0.39, 0.29) is 11.0 Å². The average molecular weight is 403 g/mol. The third-order valence-electron chi connectivity index (χ3n) is 4.24. The van der Waals surface area contributed by atoms with Gasteiger partial charge in [-0.25, -0.2) is 4.98 Å². The molecule has 0 fully saturated rings. The van der Waals surface area contributed by atoms with Crippen LogP contribution >= 0.6 is 12.2 Å². The number of hydrogen-bond donors (Lipinski definition) is 2. The average Bonchev–Trinajstić information content (AvgIpc) is 3.18. The number of aromatic nitrogens is 1. The van der Waals surface area contributed by atoms with Crippen molar-refractivity contribution in [2.75, 3.05) is 12.4 Å². The highest BCUT2D eigenvalue weighted by atomic mass is 32.1. The van der Waals surface area contributed by atoms with Gasteiger partial charge in [-0.2, -0.15) is 0 Å². The number of anilines is 1. The van der Waals surface area contributed by atoms with Crippen molar-refractivity contribution in [3.63, 3.8) is 0 Å². The Kier molecular flexibility index (Phi) is 5.22. The minimum absolute atomic E-state index is 0.195. The Morgan fingerprint density at radius 2 is 1.83 bits per heavy atom. The minimum Gasteiger partial charge on any atom is -0.497 e. The second-order valence-electron chi connectivity index (χ2n) is 6.20. The van der Waals surface area contributed by atoms with Crippen LogP contribution in [0.15, 0.2) is 77.2 Å². The number of ether oxygens (including phenoxy) is 1. The lowest BCUT2D eigenvalue weighted by molar-refractivity contribution is 0.0977. The molecule has 1 aromatic heterocycles. The van der Waals surface area contributed by atoms with E-state index in [0.717, 1.165) is 16.7 Å². The summed E-state index contributed by atoms with van der Waals surface area (Å²) in [6, 6.07) is 21.8. The standard InChI is InChI=1S/C22H17N3O3S/c1-27-17-11-9-14(10-12-17)20(26)25-22(29)23-16-6-4-5-15(13-16)21-24-18-7-2-3-8-19(18)28-21/h2-13H,1H3,(H2,23,25,26,29). The van der Waals surface area contributed by atoms with Gasteiger partial charge in [0, 0.05) is 16.8 Å². The van der Waals surface area contributed by atoms with Gasteiger partial charge in [0.05, 0.1) is 7.11 Å². The van der Waals surface area contributed by atoms with E-state index in [1.807, 2.05) is 48.5 Å². The van der Waals surface area contributed by atoms with Crippen molar-refractivity contribution in [3.05, 3.63) is 78.4 Å². The summed E-state index contributed by atoms with van der Waals surface area (Å²) in [6.07, 6.45) is 0. The van der Waals surface area contributed by atoms with Crippen molar-refractivity contribution in [1.82, 2.24) is 10.3 Å². The monoisotopic (exact) mass is 403 g/mol. The van der Waals surface area contributed by atoms with E-state index in [1.165, 1.54) is 0 Å². The number of para-hydroxylation sites is 2. The maximum Gasteiger partial charge on any atom is 0.257 e. The molecule has 0 spiro atoms. The van der Waals surface area contributed by atoms with Gasteiger partial charge in [0.25, 0.3) is 5.91 Å². The SMILES string of the molecule is COc1ccc(C(=O)NC(=S)Nc2cccc(-c3nc4ccccc4o3)c2)cc1. The topological polar surface area (TPSA) is 76.4 Å². The Morgan fingerprint density at radius 3 is 2.59 bits per heavy atom. The molecular weight excluding hydrogens is 386 g/mol. The zero-order chi connectivity index (χ0) is 20.2. The number of oxazole rings is 1. The molecule has 0 unspecified atom stereocenters. The molecule has 2 N–H and O–H groups in total. The summed E-state index contributed by atoms with van der Waals surface area (Å²) < 4.78 is 10.9. The molecule has 0 atom stereocenters. The van der Waals surface area contributed by atoms with Gasteiger partial charge < -0.3 is 14.5 Å². The van der Waals surface area contributed by atoms with Crippen molar-refractivity contribution in [1.29, 1.82) is 0 Å². The van der Waals surface area contributed by atoms with Crippen LogP contribution in [-0.2, 0) is 0 Å². The van der Waals surface area contributed by atoms with Crippen LogP contribution in [0.3, 0.4) is 0 Å². The Bertz CT molecular complexity index is 1150. The molecule has 1 heterocycles. The van der Waals surface area contributed by atoms with Crippen LogP contribution in [-0.4, -0.2) is 23.1 Å². The van der Waals surface area contributed by atoms with Gasteiger partial charge in [-0.1, -0.05) is 18.2 Å². The van der Waals surface area contributed by atoms with E-state index < -0.39 is 0 Å². The van der Waals surface area contributed by atoms with Gasteiger partial charge in [0.1, 0.15) is 11.3 Å². The highest BCUT2D eigenvalue weighted by molar-refractivity contribution is 7.80. The second-order valence-corrected chi connectivity index (χ2v) is 6.61. The molecule has 0 saturated carbocycles. The van der Waals surface area contributed by atoms with Crippen molar-refractivity contribution in [3.8, 4) is 17.2 Å². The third kappa shape index (κ3) is 4.25. The van der Waals surface area contributed by atoms with Gasteiger partial charge in [-0.05, 0) is 66.8 Å². The fraction of sp³-hybridized carbons (Fsp3) is 0.0455. The van der Waals surface area contributed by atoms with Crippen LogP contribution in [0.25, 0.3) is 22.6 Å². The van der Waals surface area contributed by atoms with E-state index in [9.17, 15) is 4.79 Å². The van der Waals surface area contributed by atoms with Crippen LogP contribution < -0.4 is 15.4 Å². The number of carbonyl (C=O) groups excluding carboxylic acids is 1. The van der Waals surface area contributed by atoms with Gasteiger partial charge in [0.15, 0.2) is 10.7 Å². The van der Waals surface area contributed by atoms with Gasteiger partial charge in [-0.15, -0.1) is 0 Å². The number of amides is 1. The first kappa shape index (κ1) is 18.6. The predicted octanol–water partition coefficient (Wildman–Crippen LogP) is 4.63. The maximum absolute atomic E-state index is 12.3. The summed E-state index contributed by atoms with van der Waals surface area (Å²) in [5.41, 5.74) is 3.52.